The second kappa shape index (κ2) is 11.5. The van der Waals surface area contributed by atoms with Gasteiger partial charge in [-0.15, -0.1) is 0 Å². The number of amides is 2. The van der Waals surface area contributed by atoms with Crippen LogP contribution >= 0.6 is 0 Å². The summed E-state index contributed by atoms with van der Waals surface area (Å²) in [7, 11) is 1.38. The number of hydrogen-bond acceptors (Lipinski definition) is 8. The predicted molar refractivity (Wildman–Crippen MR) is 133 cm³/mol. The molecule has 1 fully saturated rings. The Kier molecular flexibility index (Phi) is 8.46. The van der Waals surface area contributed by atoms with Gasteiger partial charge in [0.15, 0.2) is 5.82 Å². The summed E-state index contributed by atoms with van der Waals surface area (Å²) in [5.41, 5.74) is -4.21. The van der Waals surface area contributed by atoms with Gasteiger partial charge in [0.2, 0.25) is 11.8 Å². The van der Waals surface area contributed by atoms with E-state index in [1.54, 1.807) is 10.00 Å². The van der Waals surface area contributed by atoms with Crippen molar-refractivity contribution < 1.29 is 40.7 Å². The van der Waals surface area contributed by atoms with Gasteiger partial charge in [-0.1, -0.05) is 0 Å². The van der Waals surface area contributed by atoms with Gasteiger partial charge in [-0.3, -0.25) is 14.4 Å². The van der Waals surface area contributed by atoms with Gasteiger partial charge in [0.05, 0.1) is 48.8 Å². The Bertz CT molecular complexity index is 1350. The monoisotopic (exact) mass is 591 g/mol. The third-order valence-corrected chi connectivity index (χ3v) is 6.80. The zero-order valence-electron chi connectivity index (χ0n) is 22.0. The van der Waals surface area contributed by atoms with Crippen molar-refractivity contribution in [3.63, 3.8) is 0 Å². The van der Waals surface area contributed by atoms with Crippen LogP contribution < -0.4 is 20.7 Å². The minimum absolute atomic E-state index is 0.0330. The van der Waals surface area contributed by atoms with Gasteiger partial charge in [-0.2, -0.15) is 31.4 Å². The number of alkyl halides is 6. The van der Waals surface area contributed by atoms with Crippen LogP contribution in [0.2, 0.25) is 0 Å². The second-order valence-electron chi connectivity index (χ2n) is 9.76. The maximum Gasteiger partial charge on any atom is 0.423 e. The van der Waals surface area contributed by atoms with Gasteiger partial charge in [0.1, 0.15) is 5.56 Å². The number of carbonyl (C=O) groups is 2. The Hall–Kier alpha value is -3.89. The van der Waals surface area contributed by atoms with Gasteiger partial charge < -0.3 is 24.8 Å². The maximum absolute atomic E-state index is 13.2. The van der Waals surface area contributed by atoms with E-state index in [0.717, 1.165) is 23.4 Å². The topological polar surface area (TPSA) is 124 Å². The summed E-state index contributed by atoms with van der Waals surface area (Å²) < 4.78 is 84.7. The van der Waals surface area contributed by atoms with Crippen LogP contribution in [0, 0.1) is 0 Å². The molecule has 2 aliphatic heterocycles. The minimum atomic E-state index is -4.89. The van der Waals surface area contributed by atoms with Crippen LogP contribution in [0.25, 0.3) is 0 Å². The summed E-state index contributed by atoms with van der Waals surface area (Å²) in [6.07, 6.45) is -8.02. The molecule has 0 spiro atoms. The Balaban J connectivity index is 1.31. The molecule has 2 atom stereocenters. The maximum atomic E-state index is 13.2. The number of hydrogen-bond donors (Lipinski definition) is 2. The van der Waals surface area contributed by atoms with Gasteiger partial charge in [-0.05, 0) is 13.0 Å². The fourth-order valence-corrected chi connectivity index (χ4v) is 4.75. The molecule has 1 saturated heterocycles. The number of halogens is 6. The molecule has 0 radical (unpaired) electrons. The van der Waals surface area contributed by atoms with Crippen LogP contribution in [0.15, 0.2) is 23.3 Å². The summed E-state index contributed by atoms with van der Waals surface area (Å²) in [5.74, 6) is -0.463. The van der Waals surface area contributed by atoms with Crippen molar-refractivity contribution in [2.24, 2.45) is 0 Å². The molecule has 41 heavy (non-hydrogen) atoms. The van der Waals surface area contributed by atoms with Gasteiger partial charge in [0, 0.05) is 45.3 Å². The number of anilines is 3. The number of nitrogens with zero attached hydrogens (tertiary/aromatic N) is 5. The molecule has 17 heteroatoms. The SMILES string of the molecule is CC(COCCC(=O)N1CCN2c3ncc(C(F)(F)F)cc3N(C)C(=O)CC2C1)Nc1cn[nH]c(=O)c1C(F)(F)F. The molecule has 11 nitrogen and oxygen atoms in total. The summed E-state index contributed by atoms with van der Waals surface area (Å²) in [5, 5.41) is 7.67. The predicted octanol–water partition coefficient (Wildman–Crippen LogP) is 2.49. The lowest BCUT2D eigenvalue weighted by atomic mass is 10.1. The number of piperazine rings is 1. The van der Waals surface area contributed by atoms with E-state index in [1.807, 2.05) is 0 Å². The zero-order chi connectivity index (χ0) is 30.1. The van der Waals surface area contributed by atoms with E-state index in [2.05, 4.69) is 15.4 Å². The first kappa shape index (κ1) is 30.1. The van der Waals surface area contributed by atoms with Crippen LogP contribution in [-0.2, 0) is 26.7 Å². The number of fused-ring (bicyclic) bond motifs is 3. The largest absolute Gasteiger partial charge is 0.423 e. The van der Waals surface area contributed by atoms with Crippen LogP contribution in [-0.4, -0.2) is 83.9 Å². The average molecular weight is 592 g/mol. The molecular weight excluding hydrogens is 564 g/mol. The third-order valence-electron chi connectivity index (χ3n) is 6.80. The van der Waals surface area contributed by atoms with Crippen molar-refractivity contribution in [2.75, 3.05) is 55.0 Å². The number of ether oxygens (including phenoxy) is 1. The number of carbonyl (C=O) groups excluding carboxylic acids is 2. The molecule has 0 aliphatic carbocycles. The first-order valence-corrected chi connectivity index (χ1v) is 12.5. The molecule has 224 valence electrons. The lowest BCUT2D eigenvalue weighted by Gasteiger charge is -2.41. The quantitative estimate of drug-likeness (QED) is 0.372. The molecule has 0 aromatic carbocycles. The van der Waals surface area contributed by atoms with Crippen molar-refractivity contribution in [1.29, 1.82) is 0 Å². The summed E-state index contributed by atoms with van der Waals surface area (Å²) in [4.78, 5) is 45.6. The molecule has 0 saturated carbocycles. The number of H-pyrrole nitrogens is 1. The molecule has 0 bridgehead atoms. The third kappa shape index (κ3) is 6.71. The fraction of sp³-hybridized carbons (Fsp3) is 0.542. The lowest BCUT2D eigenvalue weighted by Crippen LogP contribution is -2.55. The highest BCUT2D eigenvalue weighted by atomic mass is 19.4. The van der Waals surface area contributed by atoms with E-state index in [0.29, 0.717) is 0 Å². The van der Waals surface area contributed by atoms with Crippen molar-refractivity contribution >= 4 is 29.0 Å². The highest BCUT2D eigenvalue weighted by Crippen LogP contribution is 2.38. The van der Waals surface area contributed by atoms with Crippen molar-refractivity contribution in [2.45, 2.75) is 44.2 Å². The summed E-state index contributed by atoms with van der Waals surface area (Å²) in [6, 6.07) is -0.259. The molecule has 2 unspecified atom stereocenters. The molecule has 2 aliphatic rings. The second-order valence-corrected chi connectivity index (χ2v) is 9.76. The normalized spacial score (nSPS) is 18.5. The minimum Gasteiger partial charge on any atom is -0.379 e. The van der Waals surface area contributed by atoms with E-state index >= 15 is 0 Å². The Morgan fingerprint density at radius 3 is 2.59 bits per heavy atom. The van der Waals surface area contributed by atoms with Crippen molar-refractivity contribution in [1.82, 2.24) is 20.1 Å². The van der Waals surface area contributed by atoms with Crippen molar-refractivity contribution in [3.05, 3.63) is 39.9 Å². The van der Waals surface area contributed by atoms with E-state index in [1.165, 1.54) is 18.9 Å². The fourth-order valence-electron chi connectivity index (χ4n) is 4.75. The van der Waals surface area contributed by atoms with Gasteiger partial charge in [-0.25, -0.2) is 10.1 Å². The number of aromatic nitrogens is 3. The lowest BCUT2D eigenvalue weighted by molar-refractivity contribution is -0.138. The van der Waals surface area contributed by atoms with E-state index in [-0.39, 0.29) is 63.1 Å². The highest BCUT2D eigenvalue weighted by molar-refractivity contribution is 5.98. The number of rotatable bonds is 7. The Morgan fingerprint density at radius 2 is 1.90 bits per heavy atom. The molecule has 2 N–H and O–H groups in total. The van der Waals surface area contributed by atoms with Crippen molar-refractivity contribution in [3.8, 4) is 0 Å². The van der Waals surface area contributed by atoms with Gasteiger partial charge >= 0.3 is 12.4 Å². The molecule has 4 rings (SSSR count). The molecule has 4 heterocycles. The number of nitrogens with one attached hydrogen (secondary N) is 2. The highest BCUT2D eigenvalue weighted by Gasteiger charge is 2.40. The van der Waals surface area contributed by atoms with Gasteiger partial charge in [0.25, 0.3) is 5.56 Å². The summed E-state index contributed by atoms with van der Waals surface area (Å²) >= 11 is 0. The van der Waals surface area contributed by atoms with Crippen LogP contribution in [0.1, 0.15) is 30.9 Å². The van der Waals surface area contributed by atoms with Crippen LogP contribution in [0.5, 0.6) is 0 Å². The average Bonchev–Trinajstić information content (AvgIpc) is 2.98. The molecule has 2 aromatic heterocycles. The van der Waals surface area contributed by atoms with E-state index in [9.17, 15) is 40.7 Å². The van der Waals surface area contributed by atoms with Crippen LogP contribution in [0.4, 0.5) is 43.5 Å². The Labute approximate surface area is 229 Å². The number of aromatic amines is 1. The molecule has 2 aromatic rings. The summed E-state index contributed by atoms with van der Waals surface area (Å²) in [6.45, 7) is 2.05. The molecular formula is C24H27F6N7O4. The van der Waals surface area contributed by atoms with E-state index < -0.39 is 52.7 Å². The van der Waals surface area contributed by atoms with Crippen LogP contribution in [0.3, 0.4) is 0 Å². The Morgan fingerprint density at radius 1 is 1.17 bits per heavy atom. The molecule has 2 amide bonds. The smallest absolute Gasteiger partial charge is 0.379 e. The van der Waals surface area contributed by atoms with E-state index in [4.69, 9.17) is 4.74 Å². The zero-order valence-corrected chi connectivity index (χ0v) is 22.0. The first-order chi connectivity index (χ1) is 19.2. The number of pyridine rings is 1. The first-order valence-electron chi connectivity index (χ1n) is 12.5. The standard InChI is InChI=1S/C24H27F6N7O4/c1-13(33-16-10-32-34-22(40)20(16)24(28,29)30)12-41-6-3-18(38)36-4-5-37-15(11-36)8-19(39)35(2)17-7-14(23(25,26)27)9-31-21(17)37/h7,9-10,13,15H,3-6,8,11-12H2,1-2H3,(H2,33,34,40).